The Morgan fingerprint density at radius 3 is 1.86 bits per heavy atom. The van der Waals surface area contributed by atoms with Crippen LogP contribution in [0.1, 0.15) is 12.5 Å². The van der Waals surface area contributed by atoms with Gasteiger partial charge in [-0.1, -0.05) is 0 Å². The standard InChI is InChI=1S/C16H14O4S/c1-11(17)19-14-5-3-12(4-6-14)16(21)20-15-9-7-13(18-2)8-10-15/h3-10H,1-2H3. The predicted molar refractivity (Wildman–Crippen MR) is 83.1 cm³/mol. The SMILES string of the molecule is COc1ccc(OC(=S)c2ccc(OC(C)=O)cc2)cc1. The summed E-state index contributed by atoms with van der Waals surface area (Å²) < 4.78 is 15.6. The molecule has 0 atom stereocenters. The second-order valence-electron chi connectivity index (χ2n) is 4.18. The van der Waals surface area contributed by atoms with E-state index in [1.54, 1.807) is 55.6 Å². The Morgan fingerprint density at radius 2 is 1.33 bits per heavy atom. The van der Waals surface area contributed by atoms with E-state index in [-0.39, 0.29) is 5.97 Å². The summed E-state index contributed by atoms with van der Waals surface area (Å²) in [6, 6.07) is 14.0. The van der Waals surface area contributed by atoms with Crippen LogP contribution in [0.25, 0.3) is 0 Å². The van der Waals surface area contributed by atoms with Gasteiger partial charge in [-0.15, -0.1) is 0 Å². The molecule has 0 N–H and O–H groups in total. The average Bonchev–Trinajstić information content (AvgIpc) is 2.48. The molecule has 0 amide bonds. The van der Waals surface area contributed by atoms with E-state index < -0.39 is 0 Å². The molecule has 0 aliphatic heterocycles. The maximum Gasteiger partial charge on any atom is 0.308 e. The fourth-order valence-electron chi connectivity index (χ4n) is 1.63. The number of hydrogen-bond donors (Lipinski definition) is 0. The van der Waals surface area contributed by atoms with Crippen LogP contribution < -0.4 is 14.2 Å². The van der Waals surface area contributed by atoms with Crippen LogP contribution in [-0.4, -0.2) is 18.1 Å². The third kappa shape index (κ3) is 4.29. The molecule has 0 radical (unpaired) electrons. The first-order valence-corrected chi connectivity index (χ1v) is 6.64. The van der Waals surface area contributed by atoms with Gasteiger partial charge in [0.2, 0.25) is 0 Å². The zero-order valence-corrected chi connectivity index (χ0v) is 12.5. The number of ether oxygens (including phenoxy) is 3. The van der Waals surface area contributed by atoms with Crippen LogP contribution in [0.4, 0.5) is 0 Å². The number of thiocarbonyl (C=S) groups is 1. The quantitative estimate of drug-likeness (QED) is 0.492. The van der Waals surface area contributed by atoms with Crippen LogP contribution in [0.15, 0.2) is 48.5 Å². The van der Waals surface area contributed by atoms with Crippen molar-refractivity contribution >= 4 is 23.2 Å². The number of rotatable bonds is 4. The zero-order valence-electron chi connectivity index (χ0n) is 11.7. The van der Waals surface area contributed by atoms with Gasteiger partial charge in [-0.2, -0.15) is 0 Å². The molecule has 0 aliphatic rings. The molecular formula is C16H14O4S. The van der Waals surface area contributed by atoms with Gasteiger partial charge in [0, 0.05) is 12.5 Å². The Kier molecular flexibility index (Phi) is 4.90. The topological polar surface area (TPSA) is 44.8 Å². The smallest absolute Gasteiger partial charge is 0.308 e. The Bertz CT molecular complexity index is 632. The summed E-state index contributed by atoms with van der Waals surface area (Å²) in [5, 5.41) is 0.342. The summed E-state index contributed by atoms with van der Waals surface area (Å²) in [4.78, 5) is 10.8. The van der Waals surface area contributed by atoms with Crippen molar-refractivity contribution in [3.05, 3.63) is 54.1 Å². The number of esters is 1. The highest BCUT2D eigenvalue weighted by atomic mass is 32.1. The zero-order chi connectivity index (χ0) is 15.2. The molecule has 0 unspecified atom stereocenters. The van der Waals surface area contributed by atoms with Crippen LogP contribution in [-0.2, 0) is 4.79 Å². The van der Waals surface area contributed by atoms with E-state index in [0.717, 1.165) is 11.3 Å². The monoisotopic (exact) mass is 302 g/mol. The average molecular weight is 302 g/mol. The van der Waals surface area contributed by atoms with Crippen LogP contribution in [0, 0.1) is 0 Å². The summed E-state index contributed by atoms with van der Waals surface area (Å²) in [5.41, 5.74) is 0.733. The van der Waals surface area contributed by atoms with Crippen molar-refractivity contribution in [1.29, 1.82) is 0 Å². The normalized spacial score (nSPS) is 9.81. The van der Waals surface area contributed by atoms with Crippen molar-refractivity contribution in [3.8, 4) is 17.2 Å². The van der Waals surface area contributed by atoms with E-state index in [9.17, 15) is 4.79 Å². The molecule has 0 aliphatic carbocycles. The Balaban J connectivity index is 2.03. The largest absolute Gasteiger partial charge is 0.497 e. The summed E-state index contributed by atoms with van der Waals surface area (Å²) in [6.07, 6.45) is 0. The molecule has 2 rings (SSSR count). The van der Waals surface area contributed by atoms with Gasteiger partial charge in [0.15, 0.2) is 5.05 Å². The summed E-state index contributed by atoms with van der Waals surface area (Å²) in [6.45, 7) is 1.35. The van der Waals surface area contributed by atoms with Crippen LogP contribution in [0.5, 0.6) is 17.2 Å². The molecule has 0 heterocycles. The van der Waals surface area contributed by atoms with Crippen molar-refractivity contribution in [1.82, 2.24) is 0 Å². The lowest BCUT2D eigenvalue weighted by molar-refractivity contribution is -0.131. The van der Waals surface area contributed by atoms with Gasteiger partial charge in [0.1, 0.15) is 17.2 Å². The highest BCUT2D eigenvalue weighted by molar-refractivity contribution is 7.80. The molecule has 0 bridgehead atoms. The minimum atomic E-state index is -0.361. The summed E-state index contributed by atoms with van der Waals surface area (Å²) in [7, 11) is 1.60. The lowest BCUT2D eigenvalue weighted by atomic mass is 10.2. The Morgan fingerprint density at radius 1 is 0.857 bits per heavy atom. The van der Waals surface area contributed by atoms with E-state index in [0.29, 0.717) is 16.5 Å². The maximum atomic E-state index is 10.8. The van der Waals surface area contributed by atoms with Crippen molar-refractivity contribution < 1.29 is 19.0 Å². The van der Waals surface area contributed by atoms with Crippen molar-refractivity contribution in [2.45, 2.75) is 6.92 Å². The summed E-state index contributed by atoms with van der Waals surface area (Å²) in [5.74, 6) is 1.49. The van der Waals surface area contributed by atoms with Gasteiger partial charge in [-0.05, 0) is 60.7 Å². The maximum absolute atomic E-state index is 10.8. The van der Waals surface area contributed by atoms with Crippen molar-refractivity contribution in [2.75, 3.05) is 7.11 Å². The first-order chi connectivity index (χ1) is 10.1. The van der Waals surface area contributed by atoms with Gasteiger partial charge in [-0.25, -0.2) is 0 Å². The third-order valence-corrected chi connectivity index (χ3v) is 2.94. The first kappa shape index (κ1) is 15.0. The van der Waals surface area contributed by atoms with E-state index in [2.05, 4.69) is 0 Å². The first-order valence-electron chi connectivity index (χ1n) is 6.23. The fourth-order valence-corrected chi connectivity index (χ4v) is 1.87. The van der Waals surface area contributed by atoms with Gasteiger partial charge in [0.05, 0.1) is 7.11 Å². The molecular weight excluding hydrogens is 288 g/mol. The Hall–Kier alpha value is -2.40. The molecule has 4 nitrogen and oxygen atoms in total. The number of benzene rings is 2. The molecule has 0 saturated carbocycles. The van der Waals surface area contributed by atoms with E-state index >= 15 is 0 Å². The van der Waals surface area contributed by atoms with Crippen LogP contribution in [0.2, 0.25) is 0 Å². The van der Waals surface area contributed by atoms with Crippen LogP contribution >= 0.6 is 12.2 Å². The molecule has 0 spiro atoms. The molecule has 108 valence electrons. The molecule has 0 aromatic heterocycles. The van der Waals surface area contributed by atoms with Crippen molar-refractivity contribution in [2.24, 2.45) is 0 Å². The second kappa shape index (κ2) is 6.85. The molecule has 0 fully saturated rings. The lowest BCUT2D eigenvalue weighted by Crippen LogP contribution is -2.07. The predicted octanol–water partition coefficient (Wildman–Crippen LogP) is 3.38. The lowest BCUT2D eigenvalue weighted by Gasteiger charge is -2.08. The Labute approximate surface area is 128 Å². The molecule has 5 heteroatoms. The molecule has 2 aromatic carbocycles. The summed E-state index contributed by atoms with van der Waals surface area (Å²) >= 11 is 5.23. The van der Waals surface area contributed by atoms with Crippen LogP contribution in [0.3, 0.4) is 0 Å². The van der Waals surface area contributed by atoms with E-state index in [4.69, 9.17) is 26.4 Å². The fraction of sp³-hybridized carbons (Fsp3) is 0.125. The van der Waals surface area contributed by atoms with E-state index in [1.807, 2.05) is 0 Å². The van der Waals surface area contributed by atoms with Gasteiger partial charge in [0.25, 0.3) is 0 Å². The minimum Gasteiger partial charge on any atom is -0.497 e. The van der Waals surface area contributed by atoms with Gasteiger partial charge < -0.3 is 14.2 Å². The number of carbonyl (C=O) groups is 1. The van der Waals surface area contributed by atoms with Crippen molar-refractivity contribution in [3.63, 3.8) is 0 Å². The second-order valence-corrected chi connectivity index (χ2v) is 4.55. The minimum absolute atomic E-state index is 0.342. The van der Waals surface area contributed by atoms with Gasteiger partial charge in [-0.3, -0.25) is 4.79 Å². The molecule has 21 heavy (non-hydrogen) atoms. The number of hydrogen-bond acceptors (Lipinski definition) is 5. The van der Waals surface area contributed by atoms with Gasteiger partial charge >= 0.3 is 5.97 Å². The highest BCUT2D eigenvalue weighted by Gasteiger charge is 2.06. The number of carbonyl (C=O) groups excluding carboxylic acids is 1. The van der Waals surface area contributed by atoms with E-state index in [1.165, 1.54) is 6.92 Å². The molecule has 2 aromatic rings. The third-order valence-electron chi connectivity index (χ3n) is 2.62. The molecule has 0 saturated heterocycles. The highest BCUT2D eigenvalue weighted by Crippen LogP contribution is 2.19. The number of methoxy groups -OCH3 is 1.